The van der Waals surface area contributed by atoms with Crippen molar-refractivity contribution in [2.75, 3.05) is 5.73 Å². The van der Waals surface area contributed by atoms with Gasteiger partial charge in [0.1, 0.15) is 6.10 Å². The van der Waals surface area contributed by atoms with Gasteiger partial charge in [0.15, 0.2) is 35.4 Å². The zero-order chi connectivity index (χ0) is 33.3. The van der Waals surface area contributed by atoms with Crippen LogP contribution in [0.4, 0.5) is 5.95 Å². The van der Waals surface area contributed by atoms with Gasteiger partial charge in [0, 0.05) is 5.56 Å². The van der Waals surface area contributed by atoms with Gasteiger partial charge < -0.3 is 25.1 Å². The van der Waals surface area contributed by atoms with E-state index in [4.69, 9.17) is 19.9 Å². The second-order valence-corrected chi connectivity index (χ2v) is 10.7. The molecule has 4 N–H and O–H groups in total. The fourth-order valence-corrected chi connectivity index (χ4v) is 5.45. The van der Waals surface area contributed by atoms with Crippen molar-refractivity contribution < 1.29 is 38.5 Å². The Kier molecular flexibility index (Phi) is 8.20. The quantitative estimate of drug-likeness (QED) is 0.157. The minimum absolute atomic E-state index is 0.0135. The first-order valence-corrected chi connectivity index (χ1v) is 14.3. The van der Waals surface area contributed by atoms with Crippen LogP contribution in [0.1, 0.15) is 44.2 Å². The number of ketones is 2. The lowest BCUT2D eigenvalue weighted by Crippen LogP contribution is -2.57. The third-order valence-corrected chi connectivity index (χ3v) is 7.68. The summed E-state index contributed by atoms with van der Waals surface area (Å²) in [5, 5.41) is 12.7. The average Bonchev–Trinajstić information content (AvgIpc) is 3.63. The molecule has 1 unspecified atom stereocenters. The molecule has 0 amide bonds. The molecular weight excluding hydrogens is 610 g/mol. The topological polar surface area (TPSA) is 206 Å². The molecule has 0 bridgehead atoms. The Morgan fingerprint density at radius 1 is 0.915 bits per heavy atom. The summed E-state index contributed by atoms with van der Waals surface area (Å²) in [5.74, 6) is -3.92. The molecule has 238 valence electrons. The van der Waals surface area contributed by atoms with Gasteiger partial charge in [0.25, 0.3) is 5.56 Å². The third kappa shape index (κ3) is 5.67. The number of benzene rings is 3. The van der Waals surface area contributed by atoms with E-state index in [1.807, 2.05) is 0 Å². The highest BCUT2D eigenvalue weighted by molar-refractivity contribution is 6.04. The van der Waals surface area contributed by atoms with Gasteiger partial charge in [-0.15, -0.1) is 0 Å². The van der Waals surface area contributed by atoms with Gasteiger partial charge in [-0.25, -0.2) is 14.6 Å². The molecule has 1 saturated heterocycles. The lowest BCUT2D eigenvalue weighted by atomic mass is 9.84. The van der Waals surface area contributed by atoms with Gasteiger partial charge in [-0.3, -0.25) is 23.9 Å². The van der Waals surface area contributed by atoms with Crippen LogP contribution in [-0.2, 0) is 19.0 Å². The smallest absolute Gasteiger partial charge is 0.338 e. The van der Waals surface area contributed by atoms with Crippen molar-refractivity contribution in [1.82, 2.24) is 19.5 Å². The van der Waals surface area contributed by atoms with Crippen LogP contribution in [-0.4, -0.2) is 72.0 Å². The van der Waals surface area contributed by atoms with Crippen molar-refractivity contribution in [3.8, 4) is 0 Å². The van der Waals surface area contributed by atoms with Crippen molar-refractivity contribution in [1.29, 1.82) is 0 Å². The van der Waals surface area contributed by atoms with Crippen molar-refractivity contribution in [3.63, 3.8) is 0 Å². The molecule has 1 aliphatic rings. The Morgan fingerprint density at radius 2 is 1.47 bits per heavy atom. The molecule has 0 aliphatic carbocycles. The molecule has 1 aliphatic heterocycles. The van der Waals surface area contributed by atoms with E-state index in [1.165, 1.54) is 36.4 Å². The van der Waals surface area contributed by atoms with Crippen LogP contribution in [0.5, 0.6) is 0 Å². The van der Waals surface area contributed by atoms with Gasteiger partial charge in [-0.1, -0.05) is 66.7 Å². The van der Waals surface area contributed by atoms with Crippen LogP contribution in [0.3, 0.4) is 0 Å². The van der Waals surface area contributed by atoms with Crippen LogP contribution in [0, 0.1) is 0 Å². The molecule has 6 rings (SSSR count). The van der Waals surface area contributed by atoms with E-state index in [0.717, 1.165) is 17.8 Å². The number of hydrogen-bond acceptors (Lipinski definition) is 12. The van der Waals surface area contributed by atoms with E-state index in [1.54, 1.807) is 54.6 Å². The van der Waals surface area contributed by atoms with Crippen LogP contribution >= 0.6 is 0 Å². The van der Waals surface area contributed by atoms with E-state index >= 15 is 0 Å². The maximum absolute atomic E-state index is 14.4. The molecule has 5 aromatic rings. The first-order chi connectivity index (χ1) is 22.6. The number of aromatic nitrogens is 4. The molecule has 2 aromatic heterocycles. The molecule has 0 radical (unpaired) electrons. The molecule has 0 spiro atoms. The summed E-state index contributed by atoms with van der Waals surface area (Å²) in [4.78, 5) is 77.5. The Balaban J connectivity index is 1.54. The largest absolute Gasteiger partial charge is 0.452 e. The predicted octanol–water partition coefficient (Wildman–Crippen LogP) is 2.25. The van der Waals surface area contributed by atoms with Crippen LogP contribution < -0.4 is 11.3 Å². The summed E-state index contributed by atoms with van der Waals surface area (Å²) in [6.07, 6.45) is -6.29. The third-order valence-electron chi connectivity index (χ3n) is 7.68. The number of aliphatic hydroxyl groups is 1. The van der Waals surface area contributed by atoms with Gasteiger partial charge in [-0.2, -0.15) is 4.98 Å². The summed E-state index contributed by atoms with van der Waals surface area (Å²) in [6, 6.07) is 23.1. The fraction of sp³-hybridized carbons (Fsp3) is 0.182. The number of ether oxygens (including phenoxy) is 3. The minimum atomic E-state index is -2.82. The first-order valence-electron chi connectivity index (χ1n) is 14.3. The van der Waals surface area contributed by atoms with E-state index in [9.17, 15) is 29.1 Å². The number of nitrogens with two attached hydrogens (primary N) is 1. The lowest BCUT2D eigenvalue weighted by Gasteiger charge is -2.33. The maximum atomic E-state index is 14.4. The van der Waals surface area contributed by atoms with Crippen molar-refractivity contribution >= 4 is 40.6 Å². The second kappa shape index (κ2) is 12.4. The molecule has 47 heavy (non-hydrogen) atoms. The number of Topliss-reactive ketones (excluding diaryl/α,β-unsaturated/α-hetero) is 2. The van der Waals surface area contributed by atoms with E-state index in [-0.39, 0.29) is 33.8 Å². The molecule has 14 nitrogen and oxygen atoms in total. The van der Waals surface area contributed by atoms with Crippen LogP contribution in [0.25, 0.3) is 11.2 Å². The van der Waals surface area contributed by atoms with Gasteiger partial charge in [0.2, 0.25) is 17.3 Å². The van der Waals surface area contributed by atoms with Gasteiger partial charge in [-0.05, 0) is 31.2 Å². The van der Waals surface area contributed by atoms with Crippen LogP contribution in [0.2, 0.25) is 0 Å². The Morgan fingerprint density at radius 3 is 2.04 bits per heavy atom. The van der Waals surface area contributed by atoms with E-state index < -0.39 is 59.2 Å². The summed E-state index contributed by atoms with van der Waals surface area (Å²) in [7, 11) is 0. The van der Waals surface area contributed by atoms with Gasteiger partial charge >= 0.3 is 11.9 Å². The number of carbonyl (C=O) groups is 4. The number of rotatable bonds is 9. The van der Waals surface area contributed by atoms with E-state index in [2.05, 4.69) is 15.0 Å². The number of esters is 2. The molecular formula is C33H27N5O9. The SMILES string of the molecule is CC(=O)C(OC(=O)c1ccccc1)[C@H]1O[C@@H](n2cnc3c(=O)[nH]c(N)nc32)[C@@](O)(C(=O)c2ccccc2)[C@@H]1OC(=O)c1ccccc1. The Bertz CT molecular complexity index is 2030. The molecule has 0 saturated carbocycles. The highest BCUT2D eigenvalue weighted by Gasteiger charge is 2.66. The number of nitrogen functional groups attached to an aromatic ring is 1. The minimum Gasteiger partial charge on any atom is -0.452 e. The van der Waals surface area contributed by atoms with Crippen molar-refractivity contribution in [2.24, 2.45) is 0 Å². The number of hydrogen-bond donors (Lipinski definition) is 3. The fourth-order valence-electron chi connectivity index (χ4n) is 5.45. The number of nitrogens with zero attached hydrogens (tertiary/aromatic N) is 3. The number of fused-ring (bicyclic) bond motifs is 1. The normalized spacial score (nSPS) is 21.2. The standard InChI is InChI=1S/C33H27N5O9/c1-18(39)23(45-29(42)20-13-7-3-8-14-20)24-26(47-30(43)21-15-9-4-10-16-21)33(44,25(40)19-11-5-2-6-12-19)31(46-24)38-17-35-22-27(38)36-32(34)37-28(22)41/h2-17,23-24,26,31,44H,1H3,(H3,34,36,37,41)/t23?,24-,26-,31-,33-/m1/s1. The predicted molar refractivity (Wildman–Crippen MR) is 164 cm³/mol. The molecule has 3 heterocycles. The zero-order valence-electron chi connectivity index (χ0n) is 24.7. The zero-order valence-corrected chi connectivity index (χ0v) is 24.7. The molecule has 3 aromatic carbocycles. The van der Waals surface area contributed by atoms with Crippen molar-refractivity contribution in [2.45, 2.75) is 37.1 Å². The lowest BCUT2D eigenvalue weighted by molar-refractivity contribution is -0.140. The summed E-state index contributed by atoms with van der Waals surface area (Å²) < 4.78 is 18.8. The Labute approximate surface area is 265 Å². The number of aromatic amines is 1. The Hall–Kier alpha value is -5.99. The number of H-pyrrole nitrogens is 1. The number of anilines is 1. The second-order valence-electron chi connectivity index (χ2n) is 10.7. The van der Waals surface area contributed by atoms with Crippen LogP contribution in [0.15, 0.2) is 102 Å². The first kappa shape index (κ1) is 31.0. The van der Waals surface area contributed by atoms with E-state index in [0.29, 0.717) is 0 Å². The molecule has 14 heteroatoms. The summed E-state index contributed by atoms with van der Waals surface area (Å²) in [5.41, 5.74) is 2.00. The summed E-state index contributed by atoms with van der Waals surface area (Å²) in [6.45, 7) is 1.11. The highest BCUT2D eigenvalue weighted by Crippen LogP contribution is 2.45. The average molecular weight is 638 g/mol. The molecule has 5 atom stereocenters. The van der Waals surface area contributed by atoms with Gasteiger partial charge in [0.05, 0.1) is 17.5 Å². The maximum Gasteiger partial charge on any atom is 0.338 e. The van der Waals surface area contributed by atoms with Crippen molar-refractivity contribution in [3.05, 3.63) is 124 Å². The number of carbonyl (C=O) groups excluding carboxylic acids is 4. The number of imidazole rings is 1. The molecule has 1 fully saturated rings. The summed E-state index contributed by atoms with van der Waals surface area (Å²) >= 11 is 0. The number of nitrogens with one attached hydrogen (secondary N) is 1. The monoisotopic (exact) mass is 637 g/mol. The highest BCUT2D eigenvalue weighted by atomic mass is 16.6.